The summed E-state index contributed by atoms with van der Waals surface area (Å²) >= 11 is 6.05. The molecule has 8 heteroatoms. The van der Waals surface area contributed by atoms with E-state index in [0.29, 0.717) is 5.56 Å². The molecule has 0 spiro atoms. The number of carbonyl (C=O) groups is 1. The molecule has 0 aliphatic rings. The number of benzene rings is 2. The van der Waals surface area contributed by atoms with Gasteiger partial charge in [-0.2, -0.15) is 0 Å². The van der Waals surface area contributed by atoms with E-state index in [1.54, 1.807) is 37.3 Å². The van der Waals surface area contributed by atoms with E-state index in [2.05, 4.69) is 5.32 Å². The molecule has 0 aliphatic carbocycles. The third-order valence-corrected chi connectivity index (χ3v) is 5.00. The van der Waals surface area contributed by atoms with Gasteiger partial charge in [0.2, 0.25) is 15.9 Å². The van der Waals surface area contributed by atoms with Crippen LogP contribution in [0.1, 0.15) is 18.5 Å². The minimum atomic E-state index is -3.70. The van der Waals surface area contributed by atoms with Gasteiger partial charge in [0.25, 0.3) is 0 Å². The van der Waals surface area contributed by atoms with E-state index in [0.717, 1.165) is 10.6 Å². The number of para-hydroxylation sites is 1. The summed E-state index contributed by atoms with van der Waals surface area (Å²) < 4.78 is 38.0. The Morgan fingerprint density at radius 2 is 1.80 bits per heavy atom. The Morgan fingerprint density at radius 3 is 2.36 bits per heavy atom. The summed E-state index contributed by atoms with van der Waals surface area (Å²) in [6, 6.07) is 11.7. The van der Waals surface area contributed by atoms with Crippen molar-refractivity contribution < 1.29 is 17.6 Å². The number of sulfonamides is 1. The van der Waals surface area contributed by atoms with Crippen LogP contribution in [-0.4, -0.2) is 27.1 Å². The molecule has 0 aromatic heterocycles. The van der Waals surface area contributed by atoms with Crippen LogP contribution in [0.3, 0.4) is 0 Å². The highest BCUT2D eigenvalue weighted by molar-refractivity contribution is 7.92. The predicted octanol–water partition coefficient (Wildman–Crippen LogP) is 3.12. The van der Waals surface area contributed by atoms with Gasteiger partial charge in [0.1, 0.15) is 12.4 Å². The van der Waals surface area contributed by atoms with Crippen molar-refractivity contribution in [3.8, 4) is 0 Å². The zero-order valence-corrected chi connectivity index (χ0v) is 15.3. The van der Waals surface area contributed by atoms with Gasteiger partial charge in [-0.25, -0.2) is 12.8 Å². The Morgan fingerprint density at radius 1 is 1.20 bits per heavy atom. The van der Waals surface area contributed by atoms with Crippen LogP contribution in [0.5, 0.6) is 0 Å². The Kier molecular flexibility index (Phi) is 6.02. The monoisotopic (exact) mass is 384 g/mol. The number of rotatable bonds is 6. The lowest BCUT2D eigenvalue weighted by Crippen LogP contribution is -2.41. The first-order chi connectivity index (χ1) is 11.7. The lowest BCUT2D eigenvalue weighted by atomic mass is 10.1. The van der Waals surface area contributed by atoms with Gasteiger partial charge in [-0.1, -0.05) is 35.9 Å². The average molecular weight is 385 g/mol. The molecule has 0 heterocycles. The maximum absolute atomic E-state index is 13.0. The highest BCUT2D eigenvalue weighted by Gasteiger charge is 2.23. The van der Waals surface area contributed by atoms with E-state index >= 15 is 0 Å². The van der Waals surface area contributed by atoms with Crippen LogP contribution in [0.2, 0.25) is 5.02 Å². The molecule has 134 valence electrons. The first-order valence-electron chi connectivity index (χ1n) is 7.45. The van der Waals surface area contributed by atoms with Crippen LogP contribution >= 0.6 is 11.6 Å². The van der Waals surface area contributed by atoms with E-state index in [4.69, 9.17) is 11.6 Å². The van der Waals surface area contributed by atoms with Crippen LogP contribution in [0.4, 0.5) is 10.1 Å². The van der Waals surface area contributed by atoms with Crippen molar-refractivity contribution in [1.82, 2.24) is 5.32 Å². The molecule has 0 fully saturated rings. The number of carbonyl (C=O) groups excluding carboxylic acids is 1. The van der Waals surface area contributed by atoms with Gasteiger partial charge < -0.3 is 5.32 Å². The normalized spacial score (nSPS) is 12.5. The second-order valence-corrected chi connectivity index (χ2v) is 7.88. The van der Waals surface area contributed by atoms with E-state index < -0.39 is 28.5 Å². The van der Waals surface area contributed by atoms with Gasteiger partial charge >= 0.3 is 0 Å². The summed E-state index contributed by atoms with van der Waals surface area (Å²) in [6.07, 6.45) is 1.01. The molecule has 2 aromatic carbocycles. The zero-order valence-electron chi connectivity index (χ0n) is 13.7. The van der Waals surface area contributed by atoms with Crippen molar-refractivity contribution >= 4 is 33.2 Å². The fourth-order valence-electron chi connectivity index (χ4n) is 2.29. The van der Waals surface area contributed by atoms with Crippen molar-refractivity contribution in [3.05, 3.63) is 64.9 Å². The lowest BCUT2D eigenvalue weighted by Gasteiger charge is -2.24. The topological polar surface area (TPSA) is 66.5 Å². The van der Waals surface area contributed by atoms with Gasteiger partial charge in [0, 0.05) is 0 Å². The second kappa shape index (κ2) is 7.84. The molecular formula is C17H18ClFN2O3S. The van der Waals surface area contributed by atoms with Crippen LogP contribution in [-0.2, 0) is 14.8 Å². The van der Waals surface area contributed by atoms with Crippen LogP contribution in [0.25, 0.3) is 0 Å². The molecule has 2 aromatic rings. The van der Waals surface area contributed by atoms with Crippen LogP contribution in [0.15, 0.2) is 48.5 Å². The Labute approximate surface area is 151 Å². The molecule has 1 amide bonds. The molecular weight excluding hydrogens is 367 g/mol. The minimum absolute atomic E-state index is 0.229. The predicted molar refractivity (Wildman–Crippen MR) is 96.6 cm³/mol. The number of nitrogens with one attached hydrogen (secondary N) is 1. The van der Waals surface area contributed by atoms with Crippen molar-refractivity contribution in [2.24, 2.45) is 0 Å². The Bertz CT molecular complexity index is 856. The number of hydrogen-bond acceptors (Lipinski definition) is 3. The molecule has 5 nitrogen and oxygen atoms in total. The van der Waals surface area contributed by atoms with E-state index in [1.807, 2.05) is 0 Å². The number of amides is 1. The largest absolute Gasteiger partial charge is 0.348 e. The molecule has 1 unspecified atom stereocenters. The van der Waals surface area contributed by atoms with Crippen molar-refractivity contribution in [1.29, 1.82) is 0 Å². The first kappa shape index (κ1) is 19.2. The van der Waals surface area contributed by atoms with Gasteiger partial charge in [0.15, 0.2) is 0 Å². The van der Waals surface area contributed by atoms with Crippen LogP contribution < -0.4 is 9.62 Å². The van der Waals surface area contributed by atoms with E-state index in [9.17, 15) is 17.6 Å². The third-order valence-electron chi connectivity index (χ3n) is 3.56. The summed E-state index contributed by atoms with van der Waals surface area (Å²) in [4.78, 5) is 12.3. The van der Waals surface area contributed by atoms with Crippen molar-refractivity contribution in [2.75, 3.05) is 17.1 Å². The molecule has 0 aliphatic heterocycles. The van der Waals surface area contributed by atoms with Gasteiger partial charge in [-0.05, 0) is 36.8 Å². The smallest absolute Gasteiger partial charge is 0.241 e. The number of hydrogen-bond donors (Lipinski definition) is 1. The van der Waals surface area contributed by atoms with E-state index in [1.165, 1.54) is 18.2 Å². The summed E-state index contributed by atoms with van der Waals surface area (Å²) in [5.41, 5.74) is 0.939. The summed E-state index contributed by atoms with van der Waals surface area (Å²) in [5, 5.41) is 2.93. The summed E-state index contributed by atoms with van der Waals surface area (Å²) in [6.45, 7) is 1.32. The van der Waals surface area contributed by atoms with E-state index in [-0.39, 0.29) is 16.5 Å². The quantitative estimate of drug-likeness (QED) is 0.832. The molecule has 0 bridgehead atoms. The van der Waals surface area contributed by atoms with Gasteiger partial charge in [0.05, 0.1) is 23.0 Å². The highest BCUT2D eigenvalue weighted by atomic mass is 35.5. The zero-order chi connectivity index (χ0) is 18.6. The Balaban J connectivity index is 2.15. The highest BCUT2D eigenvalue weighted by Crippen LogP contribution is 2.27. The molecule has 0 saturated heterocycles. The van der Waals surface area contributed by atoms with Gasteiger partial charge in [-0.3, -0.25) is 9.10 Å². The first-order valence-corrected chi connectivity index (χ1v) is 9.68. The number of anilines is 1. The minimum Gasteiger partial charge on any atom is -0.348 e. The average Bonchev–Trinajstić information content (AvgIpc) is 2.53. The molecule has 0 saturated carbocycles. The second-order valence-electron chi connectivity index (χ2n) is 5.56. The van der Waals surface area contributed by atoms with Crippen LogP contribution in [0, 0.1) is 5.82 Å². The maximum atomic E-state index is 13.0. The molecule has 1 N–H and O–H groups in total. The molecule has 0 radical (unpaired) electrons. The fourth-order valence-corrected chi connectivity index (χ4v) is 3.44. The molecule has 2 rings (SSSR count). The lowest BCUT2D eigenvalue weighted by molar-refractivity contribution is -0.120. The number of halogens is 2. The maximum Gasteiger partial charge on any atom is 0.241 e. The summed E-state index contributed by atoms with van der Waals surface area (Å²) in [5.74, 6) is -0.869. The molecule has 25 heavy (non-hydrogen) atoms. The van der Waals surface area contributed by atoms with Crippen molar-refractivity contribution in [3.63, 3.8) is 0 Å². The van der Waals surface area contributed by atoms with Gasteiger partial charge in [-0.15, -0.1) is 0 Å². The van der Waals surface area contributed by atoms with Crippen molar-refractivity contribution in [2.45, 2.75) is 13.0 Å². The third kappa shape index (κ3) is 5.17. The fraction of sp³-hybridized carbons (Fsp3) is 0.235. The molecule has 1 atom stereocenters. The number of nitrogens with zero attached hydrogens (tertiary/aromatic N) is 1. The Hall–Kier alpha value is -2.12. The standard InChI is InChI=1S/C17H18ClFN2O3S/c1-12(13-7-9-14(19)10-8-13)20-17(22)11-21(25(2,23)24)16-6-4-3-5-15(16)18/h3-10,12H,11H2,1-2H3,(H,20,22). The SMILES string of the molecule is CC(NC(=O)CN(c1ccccc1Cl)S(C)(=O)=O)c1ccc(F)cc1. The summed E-state index contributed by atoms with van der Waals surface area (Å²) in [7, 11) is -3.70.